The van der Waals surface area contributed by atoms with Crippen LogP contribution in [0.2, 0.25) is 0 Å². The van der Waals surface area contributed by atoms with Crippen LogP contribution < -0.4 is 9.64 Å². The quantitative estimate of drug-likeness (QED) is 0.612. The molecule has 3 aromatic rings. The smallest absolute Gasteiger partial charge is 0.234 e. The van der Waals surface area contributed by atoms with Gasteiger partial charge in [-0.2, -0.15) is 0 Å². The summed E-state index contributed by atoms with van der Waals surface area (Å²) in [6.07, 6.45) is 2.49. The Labute approximate surface area is 166 Å². The molecular weight excluding hydrogens is 380 g/mol. The molecule has 1 saturated heterocycles. The van der Waals surface area contributed by atoms with Gasteiger partial charge in [-0.05, 0) is 42.8 Å². The minimum absolute atomic E-state index is 0.0589. The summed E-state index contributed by atoms with van der Waals surface area (Å²) in [5, 5.41) is 2.72. The highest BCUT2D eigenvalue weighted by Gasteiger charge is 2.27. The molecule has 0 bridgehead atoms. The summed E-state index contributed by atoms with van der Waals surface area (Å²) >= 11 is 3.15. The number of thiophene rings is 1. The fourth-order valence-corrected chi connectivity index (χ4v) is 5.09. The van der Waals surface area contributed by atoms with Gasteiger partial charge in [-0.25, -0.2) is 4.98 Å². The maximum Gasteiger partial charge on any atom is 0.234 e. The van der Waals surface area contributed by atoms with Gasteiger partial charge in [0.05, 0.1) is 30.9 Å². The second-order valence-corrected chi connectivity index (χ2v) is 8.66. The van der Waals surface area contributed by atoms with Gasteiger partial charge in [0.2, 0.25) is 5.91 Å². The van der Waals surface area contributed by atoms with Crippen LogP contribution in [-0.2, 0) is 16.0 Å². The third-order valence-corrected chi connectivity index (χ3v) is 6.85. The van der Waals surface area contributed by atoms with Crippen LogP contribution >= 0.6 is 22.7 Å². The van der Waals surface area contributed by atoms with Gasteiger partial charge in [-0.3, -0.25) is 9.69 Å². The van der Waals surface area contributed by atoms with Gasteiger partial charge >= 0.3 is 0 Å². The Kier molecular flexibility index (Phi) is 5.43. The number of ether oxygens (including phenoxy) is 2. The molecular formula is C20H22N2O3S2. The van der Waals surface area contributed by atoms with Crippen molar-refractivity contribution < 1.29 is 14.3 Å². The van der Waals surface area contributed by atoms with Crippen LogP contribution in [0.15, 0.2) is 29.6 Å². The molecule has 4 rings (SSSR count). The lowest BCUT2D eigenvalue weighted by Gasteiger charge is -2.22. The number of rotatable bonds is 6. The van der Waals surface area contributed by atoms with E-state index < -0.39 is 0 Å². The van der Waals surface area contributed by atoms with E-state index >= 15 is 0 Å². The van der Waals surface area contributed by atoms with Gasteiger partial charge in [0.1, 0.15) is 11.3 Å². The van der Waals surface area contributed by atoms with Crippen molar-refractivity contribution in [2.45, 2.75) is 32.3 Å². The first-order valence-corrected chi connectivity index (χ1v) is 10.7. The summed E-state index contributed by atoms with van der Waals surface area (Å²) in [6, 6.07) is 7.93. The van der Waals surface area contributed by atoms with Crippen molar-refractivity contribution in [3.8, 4) is 5.75 Å². The number of anilines is 1. The first-order chi connectivity index (χ1) is 13.2. The molecule has 1 fully saturated rings. The minimum Gasteiger partial charge on any atom is -0.494 e. The Morgan fingerprint density at radius 1 is 1.41 bits per heavy atom. The number of amides is 1. The number of carbonyl (C=O) groups is 1. The number of carbonyl (C=O) groups excluding carboxylic acids is 1. The Balaban J connectivity index is 1.69. The van der Waals surface area contributed by atoms with E-state index in [0.717, 1.165) is 51.0 Å². The number of hydrogen-bond donors (Lipinski definition) is 0. The number of fused-ring (bicyclic) bond motifs is 1. The molecule has 7 heteroatoms. The Morgan fingerprint density at radius 2 is 2.30 bits per heavy atom. The number of aromatic nitrogens is 1. The number of thiazole rings is 1. The number of aryl methyl sites for hydroxylation is 1. The van der Waals surface area contributed by atoms with Crippen molar-refractivity contribution in [2.75, 3.05) is 25.2 Å². The molecule has 3 heterocycles. The summed E-state index contributed by atoms with van der Waals surface area (Å²) in [6.45, 7) is 3.37. The summed E-state index contributed by atoms with van der Waals surface area (Å²) in [7, 11) is 1.65. The van der Waals surface area contributed by atoms with E-state index in [0.29, 0.717) is 13.0 Å². The predicted octanol–water partition coefficient (Wildman–Crippen LogP) is 4.43. The van der Waals surface area contributed by atoms with Crippen molar-refractivity contribution in [2.24, 2.45) is 0 Å². The van der Waals surface area contributed by atoms with Crippen LogP contribution in [0.5, 0.6) is 5.75 Å². The second kappa shape index (κ2) is 7.96. The lowest BCUT2D eigenvalue weighted by Crippen LogP contribution is -2.38. The highest BCUT2D eigenvalue weighted by molar-refractivity contribution is 7.22. The number of benzene rings is 1. The molecule has 1 atom stereocenters. The van der Waals surface area contributed by atoms with Crippen LogP contribution in [0.1, 0.15) is 23.3 Å². The van der Waals surface area contributed by atoms with Crippen LogP contribution in [-0.4, -0.2) is 37.3 Å². The van der Waals surface area contributed by atoms with Crippen LogP contribution in [0, 0.1) is 6.92 Å². The molecule has 27 heavy (non-hydrogen) atoms. The topological polar surface area (TPSA) is 51.7 Å². The van der Waals surface area contributed by atoms with E-state index in [1.165, 1.54) is 0 Å². The fourth-order valence-electron chi connectivity index (χ4n) is 3.31. The van der Waals surface area contributed by atoms with Gasteiger partial charge in [-0.1, -0.05) is 23.5 Å². The largest absolute Gasteiger partial charge is 0.494 e. The highest BCUT2D eigenvalue weighted by Crippen LogP contribution is 2.37. The highest BCUT2D eigenvalue weighted by atomic mass is 32.1. The zero-order valence-electron chi connectivity index (χ0n) is 15.4. The third-order valence-electron chi connectivity index (χ3n) is 4.76. The van der Waals surface area contributed by atoms with E-state index in [1.807, 2.05) is 29.6 Å². The Hall–Kier alpha value is -1.96. The standard InChI is InChI=1S/C20H22N2O3S2/c1-13-7-8-16(24-2)18-19(13)27-20(21-18)22(12-14-5-3-9-25-14)17(23)11-15-6-4-10-26-15/h4,6-8,10,14H,3,5,9,11-12H2,1-2H3. The molecule has 0 radical (unpaired) electrons. The van der Waals surface area contributed by atoms with Crippen molar-refractivity contribution in [1.29, 1.82) is 0 Å². The zero-order valence-corrected chi connectivity index (χ0v) is 17.1. The average molecular weight is 403 g/mol. The third kappa shape index (κ3) is 3.85. The SMILES string of the molecule is COc1ccc(C)c2sc(N(CC3CCCO3)C(=O)Cc3cccs3)nc12. The minimum atomic E-state index is 0.0589. The van der Waals surface area contributed by atoms with Crippen molar-refractivity contribution in [3.05, 3.63) is 40.1 Å². The van der Waals surface area contributed by atoms with E-state index in [2.05, 4.69) is 6.92 Å². The normalized spacial score (nSPS) is 16.7. The maximum atomic E-state index is 13.1. The van der Waals surface area contributed by atoms with Crippen LogP contribution in [0.3, 0.4) is 0 Å². The molecule has 0 spiro atoms. The summed E-state index contributed by atoms with van der Waals surface area (Å²) in [5.41, 5.74) is 1.95. The van der Waals surface area contributed by atoms with E-state index in [9.17, 15) is 4.79 Å². The molecule has 142 valence electrons. The molecule has 2 aromatic heterocycles. The summed E-state index contributed by atoms with van der Waals surface area (Å²) in [5.74, 6) is 0.796. The molecule has 1 aromatic carbocycles. The molecule has 1 amide bonds. The van der Waals surface area contributed by atoms with Gasteiger partial charge in [0, 0.05) is 11.5 Å². The van der Waals surface area contributed by atoms with Gasteiger partial charge in [0.25, 0.3) is 0 Å². The monoisotopic (exact) mass is 402 g/mol. The second-order valence-electron chi connectivity index (χ2n) is 6.65. The van der Waals surface area contributed by atoms with E-state index in [1.54, 1.807) is 34.7 Å². The summed E-state index contributed by atoms with van der Waals surface area (Å²) in [4.78, 5) is 20.8. The van der Waals surface area contributed by atoms with Crippen LogP contribution in [0.25, 0.3) is 10.2 Å². The Morgan fingerprint density at radius 3 is 3.00 bits per heavy atom. The first kappa shape index (κ1) is 18.4. The Bertz CT molecular complexity index is 930. The summed E-state index contributed by atoms with van der Waals surface area (Å²) < 4.78 is 12.3. The zero-order chi connectivity index (χ0) is 18.8. The molecule has 1 aliphatic heterocycles. The van der Waals surface area contributed by atoms with Crippen molar-refractivity contribution in [3.63, 3.8) is 0 Å². The van der Waals surface area contributed by atoms with Gasteiger partial charge in [0.15, 0.2) is 5.13 Å². The van der Waals surface area contributed by atoms with E-state index in [4.69, 9.17) is 14.5 Å². The first-order valence-electron chi connectivity index (χ1n) is 9.04. The lowest BCUT2D eigenvalue weighted by molar-refractivity contribution is -0.118. The van der Waals surface area contributed by atoms with Crippen LogP contribution in [0.4, 0.5) is 5.13 Å². The van der Waals surface area contributed by atoms with Crippen molar-refractivity contribution >= 4 is 43.9 Å². The molecule has 0 aliphatic carbocycles. The lowest BCUT2D eigenvalue weighted by atomic mass is 10.2. The molecule has 0 saturated carbocycles. The van der Waals surface area contributed by atoms with Gasteiger partial charge in [-0.15, -0.1) is 11.3 Å². The average Bonchev–Trinajstić information content (AvgIpc) is 3.41. The number of methoxy groups -OCH3 is 1. The van der Waals surface area contributed by atoms with Crippen molar-refractivity contribution in [1.82, 2.24) is 4.98 Å². The van der Waals surface area contributed by atoms with E-state index in [-0.39, 0.29) is 12.0 Å². The predicted molar refractivity (Wildman–Crippen MR) is 110 cm³/mol. The van der Waals surface area contributed by atoms with Gasteiger partial charge < -0.3 is 9.47 Å². The molecule has 0 N–H and O–H groups in total. The number of nitrogens with zero attached hydrogens (tertiary/aromatic N) is 2. The molecule has 1 aliphatic rings. The molecule has 5 nitrogen and oxygen atoms in total. The number of hydrogen-bond acceptors (Lipinski definition) is 6. The maximum absolute atomic E-state index is 13.1. The molecule has 1 unspecified atom stereocenters. The fraction of sp³-hybridized carbons (Fsp3) is 0.400.